The summed E-state index contributed by atoms with van der Waals surface area (Å²) in [6, 6.07) is 0. The van der Waals surface area contributed by atoms with Gasteiger partial charge in [0.15, 0.2) is 0 Å². The van der Waals surface area contributed by atoms with E-state index in [9.17, 15) is 4.79 Å². The smallest absolute Gasteiger partial charge is 0.345 e. The quantitative estimate of drug-likeness (QED) is 0.465. The van der Waals surface area contributed by atoms with Gasteiger partial charge in [0.25, 0.3) is 5.88 Å². The fourth-order valence-electron chi connectivity index (χ4n) is 1.03. The van der Waals surface area contributed by atoms with Crippen LogP contribution < -0.4 is 4.89 Å². The molecule has 0 aliphatic rings. The molecule has 0 saturated heterocycles. The lowest BCUT2D eigenvalue weighted by molar-refractivity contribution is -0.277. The number of nitrogens with zero attached hydrogens (tertiary/aromatic N) is 2. The van der Waals surface area contributed by atoms with Crippen molar-refractivity contribution in [3.63, 3.8) is 0 Å². The van der Waals surface area contributed by atoms with Crippen LogP contribution >= 0.6 is 0 Å². The first kappa shape index (κ1) is 14.4. The van der Waals surface area contributed by atoms with Crippen LogP contribution in [0.15, 0.2) is 6.20 Å². The first-order chi connectivity index (χ1) is 8.33. The predicted octanol–water partition coefficient (Wildman–Crippen LogP) is 2.07. The number of carbonyl (C=O) groups is 1. The fourth-order valence-corrected chi connectivity index (χ4v) is 1.03. The number of rotatable bonds is 4. The maximum Gasteiger partial charge on any atom is 0.345 e. The van der Waals surface area contributed by atoms with E-state index in [1.54, 1.807) is 13.8 Å². The number of hydrogen-bond acceptors (Lipinski definition) is 6. The zero-order valence-corrected chi connectivity index (χ0v) is 11.3. The van der Waals surface area contributed by atoms with Gasteiger partial charge in [0.05, 0.1) is 6.61 Å². The summed E-state index contributed by atoms with van der Waals surface area (Å²) in [5, 5.41) is 0. The van der Waals surface area contributed by atoms with E-state index in [-0.39, 0.29) is 18.1 Å². The molecule has 0 aliphatic carbocycles. The number of aryl methyl sites for hydroxylation is 1. The minimum Gasteiger partial charge on any atom is -0.462 e. The van der Waals surface area contributed by atoms with Crippen molar-refractivity contribution < 1.29 is 19.3 Å². The lowest BCUT2D eigenvalue weighted by Gasteiger charge is -2.18. The average molecular weight is 254 g/mol. The van der Waals surface area contributed by atoms with Crippen LogP contribution in [0.3, 0.4) is 0 Å². The molecule has 1 aromatic rings. The van der Waals surface area contributed by atoms with Crippen molar-refractivity contribution in [1.82, 2.24) is 9.97 Å². The normalized spacial score (nSPS) is 11.2. The zero-order valence-electron chi connectivity index (χ0n) is 11.3. The summed E-state index contributed by atoms with van der Waals surface area (Å²) in [5.41, 5.74) is -0.364. The van der Waals surface area contributed by atoms with Gasteiger partial charge < -0.3 is 9.62 Å². The third kappa shape index (κ3) is 4.29. The Morgan fingerprint density at radius 1 is 1.39 bits per heavy atom. The first-order valence-corrected chi connectivity index (χ1v) is 5.70. The number of esters is 1. The molecule has 1 heterocycles. The second-order valence-corrected chi connectivity index (χ2v) is 4.64. The molecule has 0 spiro atoms. The van der Waals surface area contributed by atoms with Crippen molar-refractivity contribution in [3.8, 4) is 5.88 Å². The minimum atomic E-state index is -0.537. The Labute approximate surface area is 106 Å². The minimum absolute atomic E-state index is 0.0656. The maximum absolute atomic E-state index is 11.7. The summed E-state index contributed by atoms with van der Waals surface area (Å²) < 4.78 is 4.89. The van der Waals surface area contributed by atoms with Gasteiger partial charge in [0.1, 0.15) is 17.0 Å². The molecular formula is C12H18N2O4. The number of carbonyl (C=O) groups excluding carboxylic acids is 1. The summed E-state index contributed by atoms with van der Waals surface area (Å²) in [5.74, 6) is 0.0106. The SMILES string of the molecule is CCOC(=O)c1cnc(C)nc1OOC(C)(C)C. The number of aromatic nitrogens is 2. The molecule has 0 aromatic carbocycles. The Hall–Kier alpha value is -1.69. The van der Waals surface area contributed by atoms with E-state index in [2.05, 4.69) is 9.97 Å². The van der Waals surface area contributed by atoms with Gasteiger partial charge in [-0.2, -0.15) is 9.87 Å². The number of ether oxygens (including phenoxy) is 1. The summed E-state index contributed by atoms with van der Waals surface area (Å²) in [6.07, 6.45) is 1.36. The van der Waals surface area contributed by atoms with Crippen LogP contribution in [-0.2, 0) is 9.62 Å². The van der Waals surface area contributed by atoms with E-state index in [0.717, 1.165) is 0 Å². The van der Waals surface area contributed by atoms with E-state index < -0.39 is 11.6 Å². The van der Waals surface area contributed by atoms with Crippen molar-refractivity contribution in [2.24, 2.45) is 0 Å². The number of hydrogen-bond donors (Lipinski definition) is 0. The second-order valence-electron chi connectivity index (χ2n) is 4.64. The second kappa shape index (κ2) is 5.77. The average Bonchev–Trinajstić information content (AvgIpc) is 2.25. The van der Waals surface area contributed by atoms with Gasteiger partial charge in [-0.3, -0.25) is 0 Å². The van der Waals surface area contributed by atoms with Crippen molar-refractivity contribution >= 4 is 5.97 Å². The Bertz CT molecular complexity index is 427. The van der Waals surface area contributed by atoms with Gasteiger partial charge in [-0.15, -0.1) is 0 Å². The van der Waals surface area contributed by atoms with Crippen LogP contribution in [-0.4, -0.2) is 28.1 Å². The van der Waals surface area contributed by atoms with Gasteiger partial charge in [0.2, 0.25) is 0 Å². The summed E-state index contributed by atoms with van der Waals surface area (Å²) >= 11 is 0. The molecule has 6 heteroatoms. The fraction of sp³-hybridized carbons (Fsp3) is 0.583. The maximum atomic E-state index is 11.7. The van der Waals surface area contributed by atoms with Crippen LogP contribution in [0.4, 0.5) is 0 Å². The molecule has 0 radical (unpaired) electrons. The summed E-state index contributed by atoms with van der Waals surface area (Å²) in [4.78, 5) is 29.9. The molecule has 0 aliphatic heterocycles. The highest BCUT2D eigenvalue weighted by Gasteiger charge is 2.20. The molecule has 0 unspecified atom stereocenters. The molecule has 0 saturated carbocycles. The van der Waals surface area contributed by atoms with Crippen LogP contribution in [0.5, 0.6) is 5.88 Å². The van der Waals surface area contributed by atoms with Gasteiger partial charge in [0, 0.05) is 6.20 Å². The van der Waals surface area contributed by atoms with E-state index in [4.69, 9.17) is 14.5 Å². The lowest BCUT2D eigenvalue weighted by atomic mass is 10.2. The third-order valence-corrected chi connectivity index (χ3v) is 1.74. The van der Waals surface area contributed by atoms with Crippen LogP contribution in [0, 0.1) is 6.92 Å². The van der Waals surface area contributed by atoms with Gasteiger partial charge >= 0.3 is 5.97 Å². The molecule has 100 valence electrons. The Balaban J connectivity index is 2.93. The van der Waals surface area contributed by atoms with Gasteiger partial charge in [-0.05, 0) is 34.6 Å². The molecule has 6 nitrogen and oxygen atoms in total. The highest BCUT2D eigenvalue weighted by Crippen LogP contribution is 2.18. The van der Waals surface area contributed by atoms with Gasteiger partial charge in [-0.25, -0.2) is 9.78 Å². The summed E-state index contributed by atoms with van der Waals surface area (Å²) in [6.45, 7) is 9.16. The molecule has 0 bridgehead atoms. The van der Waals surface area contributed by atoms with Crippen molar-refractivity contribution in [3.05, 3.63) is 17.6 Å². The van der Waals surface area contributed by atoms with E-state index >= 15 is 0 Å². The van der Waals surface area contributed by atoms with Crippen molar-refractivity contribution in [2.45, 2.75) is 40.2 Å². The van der Waals surface area contributed by atoms with Crippen molar-refractivity contribution in [2.75, 3.05) is 6.61 Å². The largest absolute Gasteiger partial charge is 0.462 e. The molecule has 0 atom stereocenters. The molecule has 1 aromatic heterocycles. The molecule has 0 N–H and O–H groups in total. The van der Waals surface area contributed by atoms with E-state index in [1.165, 1.54) is 6.20 Å². The third-order valence-electron chi connectivity index (χ3n) is 1.74. The first-order valence-electron chi connectivity index (χ1n) is 5.70. The lowest BCUT2D eigenvalue weighted by Crippen LogP contribution is -2.23. The standard InChI is InChI=1S/C12H18N2O4/c1-6-16-11(15)9-7-13-8(2)14-10(9)17-18-12(3,4)5/h7H,6H2,1-5H3. The van der Waals surface area contributed by atoms with Gasteiger partial charge in [-0.1, -0.05) is 0 Å². The molecule has 0 fully saturated rings. The summed E-state index contributed by atoms with van der Waals surface area (Å²) in [7, 11) is 0. The molecule has 0 amide bonds. The van der Waals surface area contributed by atoms with Crippen LogP contribution in [0.25, 0.3) is 0 Å². The van der Waals surface area contributed by atoms with E-state index in [0.29, 0.717) is 5.82 Å². The monoisotopic (exact) mass is 254 g/mol. The Kier molecular flexibility index (Phi) is 4.61. The predicted molar refractivity (Wildman–Crippen MR) is 64.2 cm³/mol. The molecular weight excluding hydrogens is 236 g/mol. The highest BCUT2D eigenvalue weighted by atomic mass is 17.2. The Morgan fingerprint density at radius 2 is 2.06 bits per heavy atom. The molecule has 18 heavy (non-hydrogen) atoms. The molecule has 1 rings (SSSR count). The van der Waals surface area contributed by atoms with E-state index in [1.807, 2.05) is 20.8 Å². The Morgan fingerprint density at radius 3 is 2.61 bits per heavy atom. The zero-order chi connectivity index (χ0) is 13.8. The van der Waals surface area contributed by atoms with Crippen molar-refractivity contribution in [1.29, 1.82) is 0 Å². The van der Waals surface area contributed by atoms with Crippen LogP contribution in [0.1, 0.15) is 43.9 Å². The topological polar surface area (TPSA) is 70.5 Å². The highest BCUT2D eigenvalue weighted by molar-refractivity contribution is 5.91. The van der Waals surface area contributed by atoms with Crippen LogP contribution in [0.2, 0.25) is 0 Å².